The lowest BCUT2D eigenvalue weighted by atomic mass is 10.0. The van der Waals surface area contributed by atoms with Crippen molar-refractivity contribution in [3.63, 3.8) is 0 Å². The molecule has 33 heavy (non-hydrogen) atoms. The third-order valence-corrected chi connectivity index (χ3v) is 5.08. The lowest BCUT2D eigenvalue weighted by Crippen LogP contribution is -2.11. The van der Waals surface area contributed by atoms with Crippen LogP contribution in [0.4, 0.5) is 17.1 Å². The normalized spacial score (nSPS) is 9.67. The summed E-state index contributed by atoms with van der Waals surface area (Å²) in [6.07, 6.45) is 0. The second kappa shape index (κ2) is 8.63. The molecule has 0 fully saturated rings. The van der Waals surface area contributed by atoms with Gasteiger partial charge >= 0.3 is 0 Å². The van der Waals surface area contributed by atoms with E-state index >= 15 is 0 Å². The van der Waals surface area contributed by atoms with Gasteiger partial charge in [-0.15, -0.1) is 0 Å². The van der Waals surface area contributed by atoms with Crippen molar-refractivity contribution in [3.05, 3.63) is 101 Å². The Morgan fingerprint density at radius 3 is 1.27 bits per heavy atom. The molecule has 6 nitrogen and oxygen atoms in total. The van der Waals surface area contributed by atoms with E-state index in [1.54, 1.807) is 41.3 Å². The molecule has 4 aromatic rings. The van der Waals surface area contributed by atoms with Gasteiger partial charge in [0.05, 0.1) is 58.2 Å². The number of hydrogen-bond donors (Lipinski definition) is 0. The van der Waals surface area contributed by atoms with Gasteiger partial charge in [0, 0.05) is 17.1 Å². The Bertz CT molecular complexity index is 1490. The summed E-state index contributed by atoms with van der Waals surface area (Å²) >= 11 is 0. The van der Waals surface area contributed by atoms with E-state index in [2.05, 4.69) is 30.3 Å². The van der Waals surface area contributed by atoms with Crippen LogP contribution in [0.25, 0.3) is 10.8 Å². The van der Waals surface area contributed by atoms with Gasteiger partial charge in [0.15, 0.2) is 0 Å². The van der Waals surface area contributed by atoms with Crippen LogP contribution in [0.3, 0.4) is 0 Å². The summed E-state index contributed by atoms with van der Waals surface area (Å²) < 4.78 is 0. The maximum Gasteiger partial charge on any atom is 0.0992 e. The fourth-order valence-electron chi connectivity index (χ4n) is 3.63. The minimum Gasteiger partial charge on any atom is -0.310 e. The van der Waals surface area contributed by atoms with Crippen molar-refractivity contribution < 1.29 is 0 Å². The summed E-state index contributed by atoms with van der Waals surface area (Å²) in [7, 11) is 0. The molecule has 0 aliphatic carbocycles. The van der Waals surface area contributed by atoms with Crippen molar-refractivity contribution in [2.45, 2.75) is 0 Å². The Hall–Kier alpha value is -5.61. The minimum absolute atomic E-state index is 0.311. The van der Waals surface area contributed by atoms with E-state index < -0.39 is 0 Å². The highest BCUT2D eigenvalue weighted by Crippen LogP contribution is 2.38. The van der Waals surface area contributed by atoms with E-state index in [0.717, 1.165) is 10.8 Å². The summed E-state index contributed by atoms with van der Waals surface area (Å²) in [5.74, 6) is 0. The monoisotopic (exact) mass is 420 g/mol. The predicted molar refractivity (Wildman–Crippen MR) is 122 cm³/mol. The molecule has 0 heterocycles. The van der Waals surface area contributed by atoms with Gasteiger partial charge < -0.3 is 4.90 Å². The lowest BCUT2D eigenvalue weighted by Gasteiger charge is -2.26. The van der Waals surface area contributed by atoms with Gasteiger partial charge in [0.1, 0.15) is 0 Å². The molecule has 0 radical (unpaired) electrons. The second-order valence-corrected chi connectivity index (χ2v) is 7.18. The molecule has 0 spiro atoms. The van der Waals surface area contributed by atoms with Gasteiger partial charge in [-0.3, -0.25) is 0 Å². The third-order valence-electron chi connectivity index (χ3n) is 5.08. The lowest BCUT2D eigenvalue weighted by molar-refractivity contribution is 1.27. The summed E-state index contributed by atoms with van der Waals surface area (Å²) in [5.41, 5.74) is 3.57. The number of nitrogens with zero attached hydrogens (tertiary/aromatic N) is 6. The number of fused-ring (bicyclic) bond motifs is 1. The first-order valence-corrected chi connectivity index (χ1v) is 9.73. The molecule has 6 heteroatoms. The maximum atomic E-state index is 9.47. The van der Waals surface area contributed by atoms with Gasteiger partial charge in [-0.2, -0.15) is 26.3 Å². The van der Waals surface area contributed by atoms with Gasteiger partial charge in [0.25, 0.3) is 0 Å². The highest BCUT2D eigenvalue weighted by Gasteiger charge is 2.17. The first-order chi connectivity index (χ1) is 16.1. The molecule has 0 aliphatic rings. The summed E-state index contributed by atoms with van der Waals surface area (Å²) in [4.78, 5) is 1.79. The van der Waals surface area contributed by atoms with E-state index in [9.17, 15) is 26.3 Å². The Balaban J connectivity index is 2.01. The fourth-order valence-corrected chi connectivity index (χ4v) is 3.63. The molecule has 150 valence electrons. The minimum atomic E-state index is 0.311. The van der Waals surface area contributed by atoms with Crippen LogP contribution in [0.1, 0.15) is 27.8 Å². The first-order valence-electron chi connectivity index (χ1n) is 9.73. The van der Waals surface area contributed by atoms with E-state index in [1.807, 2.05) is 24.3 Å². The standard InChI is InChI=1S/C27H12N6/c28-13-18-1-2-24-12-25(4-3-23(24)7-18)33(26-8-19(14-29)5-20(9-26)15-30)27-10-21(16-31)6-22(11-27)17-32/h1-12H. The molecule has 4 aromatic carbocycles. The van der Waals surface area contributed by atoms with Crippen molar-refractivity contribution in [2.75, 3.05) is 4.90 Å². The van der Waals surface area contributed by atoms with Crippen LogP contribution in [-0.2, 0) is 0 Å². The van der Waals surface area contributed by atoms with E-state index in [0.29, 0.717) is 44.9 Å². The SMILES string of the molecule is N#Cc1cc(C#N)cc(N(c2cc(C#N)cc(C#N)c2)c2ccc3cc(C#N)ccc3c2)c1. The molecule has 0 saturated carbocycles. The number of hydrogen-bond acceptors (Lipinski definition) is 6. The Morgan fingerprint density at radius 1 is 0.394 bits per heavy atom. The van der Waals surface area contributed by atoms with Gasteiger partial charge in [0.2, 0.25) is 0 Å². The van der Waals surface area contributed by atoms with Crippen LogP contribution < -0.4 is 4.90 Å². The molecule has 0 atom stereocenters. The van der Waals surface area contributed by atoms with Crippen molar-refractivity contribution in [1.82, 2.24) is 0 Å². The number of nitriles is 5. The zero-order chi connectivity index (χ0) is 23.4. The molecule has 0 N–H and O–H groups in total. The molecular formula is C27H12N6. The zero-order valence-electron chi connectivity index (χ0n) is 17.1. The average molecular weight is 420 g/mol. The number of anilines is 3. The zero-order valence-corrected chi connectivity index (χ0v) is 17.1. The van der Waals surface area contributed by atoms with Crippen LogP contribution in [0, 0.1) is 56.7 Å². The Labute approximate surface area is 190 Å². The molecule has 4 rings (SSSR count). The van der Waals surface area contributed by atoms with Gasteiger partial charge in [-0.1, -0.05) is 12.1 Å². The van der Waals surface area contributed by atoms with E-state index in [1.165, 1.54) is 12.1 Å². The Kier molecular flexibility index (Phi) is 5.40. The number of rotatable bonds is 3. The summed E-state index contributed by atoms with van der Waals surface area (Å²) in [6.45, 7) is 0. The molecule has 0 unspecified atom stereocenters. The van der Waals surface area contributed by atoms with Gasteiger partial charge in [-0.25, -0.2) is 0 Å². The first kappa shape index (κ1) is 20.7. The van der Waals surface area contributed by atoms with Gasteiger partial charge in [-0.05, 0) is 71.4 Å². The maximum absolute atomic E-state index is 9.47. The topological polar surface area (TPSA) is 122 Å². The average Bonchev–Trinajstić information content (AvgIpc) is 2.87. The third kappa shape index (κ3) is 4.03. The quantitative estimate of drug-likeness (QED) is 0.421. The van der Waals surface area contributed by atoms with Crippen molar-refractivity contribution in [2.24, 2.45) is 0 Å². The molecule has 0 bridgehead atoms. The van der Waals surface area contributed by atoms with Crippen molar-refractivity contribution in [3.8, 4) is 30.3 Å². The van der Waals surface area contributed by atoms with Crippen molar-refractivity contribution >= 4 is 27.8 Å². The van der Waals surface area contributed by atoms with Crippen LogP contribution in [0.15, 0.2) is 72.8 Å². The van der Waals surface area contributed by atoms with Crippen LogP contribution in [0.5, 0.6) is 0 Å². The largest absolute Gasteiger partial charge is 0.310 e. The van der Waals surface area contributed by atoms with E-state index in [4.69, 9.17) is 0 Å². The summed E-state index contributed by atoms with van der Waals surface area (Å²) in [6, 6.07) is 31.0. The molecule has 0 aliphatic heterocycles. The molecular weight excluding hydrogens is 408 g/mol. The molecule has 0 aromatic heterocycles. The van der Waals surface area contributed by atoms with E-state index in [-0.39, 0.29) is 0 Å². The smallest absolute Gasteiger partial charge is 0.0992 e. The molecule has 0 saturated heterocycles. The van der Waals surface area contributed by atoms with Crippen LogP contribution in [0.2, 0.25) is 0 Å². The van der Waals surface area contributed by atoms with Crippen LogP contribution in [-0.4, -0.2) is 0 Å². The summed E-state index contributed by atoms with van der Waals surface area (Å²) in [5, 5.41) is 48.8. The Morgan fingerprint density at radius 2 is 0.818 bits per heavy atom. The second-order valence-electron chi connectivity index (χ2n) is 7.18. The fraction of sp³-hybridized carbons (Fsp3) is 0. The molecule has 0 amide bonds. The van der Waals surface area contributed by atoms with Crippen LogP contribution >= 0.6 is 0 Å². The van der Waals surface area contributed by atoms with Crippen molar-refractivity contribution in [1.29, 1.82) is 26.3 Å². The predicted octanol–water partition coefficient (Wildman–Crippen LogP) is 5.67. The highest BCUT2D eigenvalue weighted by molar-refractivity contribution is 5.90. The highest BCUT2D eigenvalue weighted by atomic mass is 15.1. The number of benzene rings is 4.